The average molecular weight is 395 g/mol. The molecule has 2 rings (SSSR count). The standard InChI is InChI=1S/C17H21N3O6S/c1-10-4-13(20-26-10)16(22)19-14(7-24-2)15(21)6-11(17(23)25-3)5-12-8-27-9-18-12/h4,8-9,11,14H,5-7H2,1-3H3,(H,19,22)/t11?,14-/m0/s1. The van der Waals surface area contributed by atoms with E-state index in [1.165, 1.54) is 31.6 Å². The fourth-order valence-corrected chi connectivity index (χ4v) is 3.04. The lowest BCUT2D eigenvalue weighted by Crippen LogP contribution is -2.45. The second kappa shape index (κ2) is 9.93. The number of carbonyl (C=O) groups is 3. The summed E-state index contributed by atoms with van der Waals surface area (Å²) in [5.41, 5.74) is 2.42. The summed E-state index contributed by atoms with van der Waals surface area (Å²) in [6.07, 6.45) is 0.161. The third-order valence-corrected chi connectivity index (χ3v) is 4.44. The molecule has 0 saturated carbocycles. The van der Waals surface area contributed by atoms with Crippen LogP contribution in [-0.4, -0.2) is 54.7 Å². The molecule has 1 unspecified atom stereocenters. The molecule has 1 N–H and O–H groups in total. The first-order chi connectivity index (χ1) is 12.9. The van der Waals surface area contributed by atoms with E-state index in [1.807, 2.05) is 5.38 Å². The van der Waals surface area contributed by atoms with Gasteiger partial charge in [-0.25, -0.2) is 4.98 Å². The van der Waals surface area contributed by atoms with Crippen molar-refractivity contribution >= 4 is 29.0 Å². The van der Waals surface area contributed by atoms with Crippen LogP contribution in [0.25, 0.3) is 0 Å². The van der Waals surface area contributed by atoms with Gasteiger partial charge in [-0.3, -0.25) is 14.4 Å². The number of methoxy groups -OCH3 is 2. The van der Waals surface area contributed by atoms with Crippen LogP contribution in [0.4, 0.5) is 0 Å². The summed E-state index contributed by atoms with van der Waals surface area (Å²) >= 11 is 1.40. The molecule has 0 aliphatic heterocycles. The van der Waals surface area contributed by atoms with Gasteiger partial charge >= 0.3 is 5.97 Å². The van der Waals surface area contributed by atoms with Crippen LogP contribution >= 0.6 is 11.3 Å². The van der Waals surface area contributed by atoms with Crippen molar-refractivity contribution in [3.8, 4) is 0 Å². The predicted molar refractivity (Wildman–Crippen MR) is 95.3 cm³/mol. The van der Waals surface area contributed by atoms with Crippen LogP contribution in [0.1, 0.15) is 28.4 Å². The molecule has 27 heavy (non-hydrogen) atoms. The van der Waals surface area contributed by atoms with Gasteiger partial charge in [-0.15, -0.1) is 11.3 Å². The van der Waals surface area contributed by atoms with Crippen LogP contribution in [0.5, 0.6) is 0 Å². The Kier molecular flexibility index (Phi) is 7.62. The van der Waals surface area contributed by atoms with E-state index >= 15 is 0 Å². The highest BCUT2D eigenvalue weighted by atomic mass is 32.1. The van der Waals surface area contributed by atoms with Crippen LogP contribution in [0.2, 0.25) is 0 Å². The van der Waals surface area contributed by atoms with E-state index in [2.05, 4.69) is 15.5 Å². The molecule has 0 saturated heterocycles. The molecule has 1 amide bonds. The second-order valence-electron chi connectivity index (χ2n) is 5.88. The Bertz CT molecular complexity index is 773. The lowest BCUT2D eigenvalue weighted by Gasteiger charge is -2.19. The molecule has 2 aromatic heterocycles. The summed E-state index contributed by atoms with van der Waals surface area (Å²) < 4.78 is 14.7. The number of thiazole rings is 1. The number of rotatable bonds is 10. The van der Waals surface area contributed by atoms with Crippen LogP contribution in [0, 0.1) is 12.8 Å². The van der Waals surface area contributed by atoms with Crippen LogP contribution in [0.15, 0.2) is 21.5 Å². The fourth-order valence-electron chi connectivity index (χ4n) is 2.47. The van der Waals surface area contributed by atoms with Gasteiger partial charge in [0.1, 0.15) is 11.8 Å². The molecular formula is C17H21N3O6S. The van der Waals surface area contributed by atoms with E-state index in [0.717, 1.165) is 0 Å². The van der Waals surface area contributed by atoms with Crippen molar-refractivity contribution < 1.29 is 28.4 Å². The van der Waals surface area contributed by atoms with Gasteiger partial charge in [0.25, 0.3) is 5.91 Å². The highest BCUT2D eigenvalue weighted by Gasteiger charge is 2.29. The minimum Gasteiger partial charge on any atom is -0.469 e. The number of nitrogens with zero attached hydrogens (tertiary/aromatic N) is 2. The van der Waals surface area contributed by atoms with E-state index in [1.54, 1.807) is 12.4 Å². The van der Waals surface area contributed by atoms with Gasteiger partial charge in [-0.05, 0) is 6.92 Å². The lowest BCUT2D eigenvalue weighted by atomic mass is 9.94. The van der Waals surface area contributed by atoms with Crippen LogP contribution < -0.4 is 5.32 Å². The van der Waals surface area contributed by atoms with Crippen LogP contribution in [-0.2, 0) is 25.5 Å². The van der Waals surface area contributed by atoms with E-state index in [-0.39, 0.29) is 30.9 Å². The zero-order valence-corrected chi connectivity index (χ0v) is 16.1. The summed E-state index contributed by atoms with van der Waals surface area (Å²) in [6, 6.07) is 0.533. The van der Waals surface area contributed by atoms with Crippen LogP contribution in [0.3, 0.4) is 0 Å². The molecule has 0 aromatic carbocycles. The summed E-state index contributed by atoms with van der Waals surface area (Å²) in [4.78, 5) is 41.1. The van der Waals surface area contributed by atoms with Gasteiger partial charge in [0.2, 0.25) is 0 Å². The highest BCUT2D eigenvalue weighted by molar-refractivity contribution is 7.07. The molecule has 0 fully saturated rings. The largest absolute Gasteiger partial charge is 0.469 e. The Morgan fingerprint density at radius 2 is 2.11 bits per heavy atom. The molecule has 2 heterocycles. The molecular weight excluding hydrogens is 374 g/mol. The number of ether oxygens (including phenoxy) is 2. The monoisotopic (exact) mass is 395 g/mol. The summed E-state index contributed by atoms with van der Waals surface area (Å²) in [5.74, 6) is -1.64. The minimum absolute atomic E-state index is 0.0357. The number of aryl methyl sites for hydroxylation is 1. The Balaban J connectivity index is 2.06. The molecule has 146 valence electrons. The predicted octanol–water partition coefficient (Wildman–Crippen LogP) is 1.18. The maximum atomic E-state index is 12.7. The van der Waals surface area contributed by atoms with Crippen molar-refractivity contribution in [2.75, 3.05) is 20.8 Å². The zero-order valence-electron chi connectivity index (χ0n) is 15.3. The number of aromatic nitrogens is 2. The van der Waals surface area contributed by atoms with Gasteiger partial charge in [-0.1, -0.05) is 5.16 Å². The minimum atomic E-state index is -0.929. The van der Waals surface area contributed by atoms with Gasteiger partial charge in [0, 0.05) is 31.4 Å². The maximum Gasteiger partial charge on any atom is 0.309 e. The van der Waals surface area contributed by atoms with Crippen molar-refractivity contribution in [3.05, 3.63) is 34.1 Å². The molecule has 0 radical (unpaired) electrons. The number of nitrogens with one attached hydrogen (secondary N) is 1. The first kappa shape index (κ1) is 20.7. The maximum absolute atomic E-state index is 12.7. The second-order valence-corrected chi connectivity index (χ2v) is 6.60. The van der Waals surface area contributed by atoms with Gasteiger partial charge in [-0.2, -0.15) is 0 Å². The molecule has 0 bridgehead atoms. The third-order valence-electron chi connectivity index (χ3n) is 3.81. The number of hydrogen-bond acceptors (Lipinski definition) is 9. The third kappa shape index (κ3) is 5.97. The Morgan fingerprint density at radius 3 is 2.67 bits per heavy atom. The molecule has 2 aromatic rings. The van der Waals surface area contributed by atoms with E-state index in [9.17, 15) is 14.4 Å². The number of hydrogen-bond donors (Lipinski definition) is 1. The summed E-state index contributed by atoms with van der Waals surface area (Å²) in [7, 11) is 2.68. The molecule has 2 atom stereocenters. The van der Waals surface area contributed by atoms with E-state index in [0.29, 0.717) is 11.5 Å². The van der Waals surface area contributed by atoms with Gasteiger partial charge in [0.05, 0.1) is 30.8 Å². The van der Waals surface area contributed by atoms with Crippen molar-refractivity contribution in [2.45, 2.75) is 25.8 Å². The topological polar surface area (TPSA) is 121 Å². The zero-order chi connectivity index (χ0) is 19.8. The lowest BCUT2D eigenvalue weighted by molar-refractivity contribution is -0.147. The Labute approximate surface area is 160 Å². The number of Topliss-reactive ketones (excluding diaryl/α,β-unsaturated/α-hetero) is 1. The summed E-state index contributed by atoms with van der Waals surface area (Å²) in [6.45, 7) is 1.62. The van der Waals surface area contributed by atoms with E-state index in [4.69, 9.17) is 14.0 Å². The van der Waals surface area contributed by atoms with Crippen molar-refractivity contribution in [3.63, 3.8) is 0 Å². The first-order valence-electron chi connectivity index (χ1n) is 8.15. The quantitative estimate of drug-likeness (QED) is 0.595. The van der Waals surface area contributed by atoms with Gasteiger partial charge < -0.3 is 19.3 Å². The first-order valence-corrected chi connectivity index (χ1v) is 9.09. The van der Waals surface area contributed by atoms with E-state index < -0.39 is 23.8 Å². The molecule has 0 aliphatic carbocycles. The Morgan fingerprint density at radius 1 is 1.33 bits per heavy atom. The molecule has 10 heteroatoms. The average Bonchev–Trinajstić information content (AvgIpc) is 3.31. The molecule has 0 spiro atoms. The molecule has 9 nitrogen and oxygen atoms in total. The van der Waals surface area contributed by atoms with Crippen molar-refractivity contribution in [2.24, 2.45) is 5.92 Å². The summed E-state index contributed by atoms with van der Waals surface area (Å²) in [5, 5.41) is 7.99. The van der Waals surface area contributed by atoms with Gasteiger partial charge in [0.15, 0.2) is 11.5 Å². The number of ketones is 1. The fraction of sp³-hybridized carbons (Fsp3) is 0.471. The van der Waals surface area contributed by atoms with Crippen molar-refractivity contribution in [1.29, 1.82) is 0 Å². The highest BCUT2D eigenvalue weighted by Crippen LogP contribution is 2.16. The molecule has 0 aliphatic rings. The smallest absolute Gasteiger partial charge is 0.309 e. The normalized spacial score (nSPS) is 13.0. The number of amides is 1. The SMILES string of the molecule is COC[C@H](NC(=O)c1cc(C)on1)C(=O)CC(Cc1cscn1)C(=O)OC. The Hall–Kier alpha value is -2.59. The van der Waals surface area contributed by atoms with Crippen molar-refractivity contribution in [1.82, 2.24) is 15.5 Å². The number of esters is 1. The number of carbonyl (C=O) groups excluding carboxylic acids is 3.